The van der Waals surface area contributed by atoms with E-state index in [1.807, 2.05) is 31.2 Å². The number of imidazole rings is 1. The van der Waals surface area contributed by atoms with Crippen molar-refractivity contribution in [2.24, 2.45) is 0 Å². The van der Waals surface area contributed by atoms with Crippen LogP contribution >= 0.6 is 0 Å². The number of rotatable bonds is 5. The van der Waals surface area contributed by atoms with Crippen molar-refractivity contribution < 1.29 is 18.0 Å². The number of nitrogens with one attached hydrogen (secondary N) is 3. The summed E-state index contributed by atoms with van der Waals surface area (Å²) in [5.74, 6) is 0.473. The van der Waals surface area contributed by atoms with Gasteiger partial charge in [-0.1, -0.05) is 0 Å². The van der Waals surface area contributed by atoms with E-state index < -0.39 is 28.5 Å². The van der Waals surface area contributed by atoms with Gasteiger partial charge < -0.3 is 10.7 Å². The van der Waals surface area contributed by atoms with Crippen LogP contribution in [0.5, 0.6) is 0 Å². The molecule has 0 radical (unpaired) electrons. The predicted octanol–water partition coefficient (Wildman–Crippen LogP) is 4.33. The van der Waals surface area contributed by atoms with E-state index in [9.17, 15) is 22.8 Å². The Kier molecular flexibility index (Phi) is 6.15. The summed E-state index contributed by atoms with van der Waals surface area (Å²) in [6.07, 6.45) is 2.07. The SMILES string of the molecule is CC(=O)c1ccc(-n2cnc3cc(NC4=CC=C(C)NN4)ccc32)nc1-c1cncc(=O)cc1C(F)(F)F. The van der Waals surface area contributed by atoms with Gasteiger partial charge in [-0.15, -0.1) is 0 Å². The first kappa shape index (κ1) is 24.7. The van der Waals surface area contributed by atoms with Crippen LogP contribution in [-0.2, 0) is 6.18 Å². The number of nitrogens with zero attached hydrogens (tertiary/aromatic N) is 4. The average molecular weight is 519 g/mol. The molecule has 1 aromatic carbocycles. The normalized spacial score (nSPS) is 13.3. The van der Waals surface area contributed by atoms with Gasteiger partial charge in [0.1, 0.15) is 18.0 Å². The van der Waals surface area contributed by atoms with Crippen LogP contribution in [0.4, 0.5) is 18.9 Å². The fraction of sp³-hybridized carbons (Fsp3) is 0.115. The van der Waals surface area contributed by atoms with Crippen molar-refractivity contribution >= 4 is 22.5 Å². The highest BCUT2D eigenvalue weighted by Crippen LogP contribution is 2.36. The molecule has 4 aromatic rings. The Morgan fingerprint density at radius 3 is 2.58 bits per heavy atom. The van der Waals surface area contributed by atoms with Crippen molar-refractivity contribution in [1.29, 1.82) is 0 Å². The number of benzene rings is 1. The van der Waals surface area contributed by atoms with E-state index in [-0.39, 0.29) is 17.1 Å². The molecule has 0 atom stereocenters. The average Bonchev–Trinajstić information content (AvgIpc) is 3.18. The van der Waals surface area contributed by atoms with Crippen molar-refractivity contribution in [2.45, 2.75) is 20.0 Å². The fourth-order valence-corrected chi connectivity index (χ4v) is 3.97. The Morgan fingerprint density at radius 1 is 1.05 bits per heavy atom. The van der Waals surface area contributed by atoms with E-state index in [0.29, 0.717) is 17.1 Å². The molecule has 0 saturated heterocycles. The maximum absolute atomic E-state index is 13.9. The van der Waals surface area contributed by atoms with Crippen LogP contribution < -0.4 is 21.6 Å². The molecule has 12 heteroatoms. The lowest BCUT2D eigenvalue weighted by Gasteiger charge is -2.18. The molecule has 1 aliphatic rings. The Morgan fingerprint density at radius 2 is 1.87 bits per heavy atom. The number of anilines is 1. The van der Waals surface area contributed by atoms with Gasteiger partial charge in [0.25, 0.3) is 0 Å². The third-order valence-corrected chi connectivity index (χ3v) is 5.77. The van der Waals surface area contributed by atoms with Crippen LogP contribution in [0.2, 0.25) is 0 Å². The summed E-state index contributed by atoms with van der Waals surface area (Å²) in [7, 11) is 0. The molecule has 0 unspecified atom stereocenters. The van der Waals surface area contributed by atoms with Crippen LogP contribution in [0.25, 0.3) is 28.1 Å². The van der Waals surface area contributed by atoms with Gasteiger partial charge >= 0.3 is 6.18 Å². The number of hydrazine groups is 1. The number of allylic oxidation sites excluding steroid dienone is 3. The molecule has 3 aromatic heterocycles. The summed E-state index contributed by atoms with van der Waals surface area (Å²) in [5, 5.41) is 3.22. The van der Waals surface area contributed by atoms with E-state index in [4.69, 9.17) is 0 Å². The Balaban J connectivity index is 1.60. The van der Waals surface area contributed by atoms with Crippen LogP contribution in [0.15, 0.2) is 83.6 Å². The lowest BCUT2D eigenvalue weighted by molar-refractivity contribution is -0.137. The molecule has 5 rings (SSSR count). The molecule has 3 N–H and O–H groups in total. The second kappa shape index (κ2) is 9.47. The Bertz CT molecular complexity index is 1710. The van der Waals surface area contributed by atoms with Crippen LogP contribution in [0.1, 0.15) is 29.8 Å². The summed E-state index contributed by atoms with van der Waals surface area (Å²) < 4.78 is 43.3. The minimum atomic E-state index is -4.88. The third kappa shape index (κ3) is 4.83. The van der Waals surface area contributed by atoms with Crippen LogP contribution in [0.3, 0.4) is 0 Å². The summed E-state index contributed by atoms with van der Waals surface area (Å²) in [6, 6.07) is 8.79. The lowest BCUT2D eigenvalue weighted by Crippen LogP contribution is -2.34. The fourth-order valence-electron chi connectivity index (χ4n) is 3.97. The van der Waals surface area contributed by atoms with Crippen LogP contribution in [-0.4, -0.2) is 25.3 Å². The zero-order valence-corrected chi connectivity index (χ0v) is 20.1. The number of pyridine rings is 1. The first-order valence-corrected chi connectivity index (χ1v) is 11.3. The number of carbonyl (C=O) groups is 1. The number of ketones is 1. The highest BCUT2D eigenvalue weighted by Gasteiger charge is 2.35. The summed E-state index contributed by atoms with van der Waals surface area (Å²) >= 11 is 0. The van der Waals surface area contributed by atoms with Crippen molar-refractivity contribution in [2.75, 3.05) is 5.32 Å². The molecule has 0 spiro atoms. The highest BCUT2D eigenvalue weighted by molar-refractivity contribution is 6.00. The number of alkyl halides is 3. The number of carbonyl (C=O) groups excluding carboxylic acids is 1. The molecule has 0 saturated carbocycles. The Labute approximate surface area is 213 Å². The van der Waals surface area contributed by atoms with Gasteiger partial charge in [-0.05, 0) is 62.4 Å². The molecule has 192 valence electrons. The van der Waals surface area contributed by atoms with Crippen molar-refractivity contribution in [3.05, 3.63) is 100 Å². The topological polar surface area (TPSA) is 114 Å². The second-order valence-corrected chi connectivity index (χ2v) is 8.52. The van der Waals surface area contributed by atoms with Gasteiger partial charge in [0.15, 0.2) is 11.2 Å². The van der Waals surface area contributed by atoms with Crippen molar-refractivity contribution in [3.8, 4) is 17.1 Å². The molecule has 1 aliphatic heterocycles. The number of fused-ring (bicyclic) bond motifs is 1. The lowest BCUT2D eigenvalue weighted by atomic mass is 10.0. The largest absolute Gasteiger partial charge is 0.417 e. The van der Waals surface area contributed by atoms with E-state index in [1.54, 1.807) is 10.6 Å². The molecular weight excluding hydrogens is 499 g/mol. The zero-order valence-electron chi connectivity index (χ0n) is 20.1. The summed E-state index contributed by atoms with van der Waals surface area (Å²) in [5.41, 5.74) is 6.06. The standard InChI is InChI=1S/C26H20F3N7O2/c1-14-3-7-23(35-34-14)32-16-4-6-22-21(9-16)31-13-36(22)24-8-5-18(15(2)37)25(33-24)19-12-30-11-17(38)10-20(19)26(27,28)29/h3-13,32,34-35H,1-2H3. The number of hydrogen-bond acceptors (Lipinski definition) is 8. The zero-order chi connectivity index (χ0) is 27.0. The van der Waals surface area contributed by atoms with Gasteiger partial charge in [-0.25, -0.2) is 9.97 Å². The van der Waals surface area contributed by atoms with E-state index in [2.05, 4.69) is 31.1 Å². The molecule has 38 heavy (non-hydrogen) atoms. The smallest absolute Gasteiger partial charge is 0.341 e. The minimum absolute atomic E-state index is 0.0400. The summed E-state index contributed by atoms with van der Waals surface area (Å²) in [6.45, 7) is 3.15. The van der Waals surface area contributed by atoms with Gasteiger partial charge in [0.2, 0.25) is 0 Å². The monoisotopic (exact) mass is 519 g/mol. The van der Waals surface area contributed by atoms with Gasteiger partial charge in [-0.3, -0.25) is 24.6 Å². The van der Waals surface area contributed by atoms with Crippen LogP contribution in [0, 0.1) is 0 Å². The maximum atomic E-state index is 13.9. The number of aromatic nitrogens is 4. The summed E-state index contributed by atoms with van der Waals surface area (Å²) in [4.78, 5) is 36.7. The van der Waals surface area contributed by atoms with E-state index in [1.165, 1.54) is 25.4 Å². The molecule has 0 fully saturated rings. The van der Waals surface area contributed by atoms with Gasteiger partial charge in [0.05, 0.1) is 28.5 Å². The second-order valence-electron chi connectivity index (χ2n) is 8.52. The van der Waals surface area contributed by atoms with E-state index in [0.717, 1.165) is 29.6 Å². The van der Waals surface area contributed by atoms with Crippen molar-refractivity contribution in [1.82, 2.24) is 30.4 Å². The van der Waals surface area contributed by atoms with Gasteiger partial charge in [0, 0.05) is 28.7 Å². The number of halogens is 3. The van der Waals surface area contributed by atoms with Crippen molar-refractivity contribution in [3.63, 3.8) is 0 Å². The highest BCUT2D eigenvalue weighted by atomic mass is 19.4. The number of hydrogen-bond donors (Lipinski definition) is 3. The molecular formula is C26H20F3N7O2. The first-order chi connectivity index (χ1) is 18.1. The van der Waals surface area contributed by atoms with E-state index >= 15 is 0 Å². The van der Waals surface area contributed by atoms with Gasteiger partial charge in [-0.2, -0.15) is 13.2 Å². The predicted molar refractivity (Wildman–Crippen MR) is 135 cm³/mol. The molecule has 0 amide bonds. The maximum Gasteiger partial charge on any atom is 0.417 e. The quantitative estimate of drug-likeness (QED) is 0.334. The molecule has 0 bridgehead atoms. The minimum Gasteiger partial charge on any atom is -0.341 e. The number of Topliss-reactive ketones (excluding diaryl/α,β-unsaturated/α-hetero) is 1. The molecule has 4 heterocycles. The Hall–Kier alpha value is -5.00. The molecule has 9 nitrogen and oxygen atoms in total. The molecule has 0 aliphatic carbocycles. The third-order valence-electron chi connectivity index (χ3n) is 5.77. The first-order valence-electron chi connectivity index (χ1n) is 11.3.